The van der Waals surface area contributed by atoms with Gasteiger partial charge in [0.25, 0.3) is 0 Å². The summed E-state index contributed by atoms with van der Waals surface area (Å²) in [6.07, 6.45) is 0. The van der Waals surface area contributed by atoms with Gasteiger partial charge < -0.3 is 4.74 Å². The molecule has 23 heavy (non-hydrogen) atoms. The molecular formula is C21H20OS. The maximum atomic E-state index is 6.20. The van der Waals surface area contributed by atoms with Crippen molar-refractivity contribution in [3.8, 4) is 0 Å². The van der Waals surface area contributed by atoms with Crippen LogP contribution < -0.4 is 0 Å². The zero-order valence-electron chi connectivity index (χ0n) is 13.0. The van der Waals surface area contributed by atoms with Crippen LogP contribution in [0.5, 0.6) is 0 Å². The lowest BCUT2D eigenvalue weighted by molar-refractivity contribution is 0.0993. The predicted octanol–water partition coefficient (Wildman–Crippen LogP) is 5.84. The summed E-state index contributed by atoms with van der Waals surface area (Å²) in [4.78, 5) is 0. The SMILES string of the molecule is c1ccc(COC(SCc2ccccc2)c2ccccc2)cc1. The Hall–Kier alpha value is -2.03. The molecule has 1 atom stereocenters. The Morgan fingerprint density at radius 2 is 1.17 bits per heavy atom. The zero-order chi connectivity index (χ0) is 15.7. The third-order valence-corrected chi connectivity index (χ3v) is 4.77. The van der Waals surface area contributed by atoms with Gasteiger partial charge in [0.05, 0.1) is 6.61 Å². The van der Waals surface area contributed by atoms with Crippen molar-refractivity contribution in [2.75, 3.05) is 0 Å². The van der Waals surface area contributed by atoms with Gasteiger partial charge in [0.15, 0.2) is 0 Å². The second-order valence-corrected chi connectivity index (χ2v) is 6.39. The summed E-state index contributed by atoms with van der Waals surface area (Å²) in [5.74, 6) is 0.940. The molecule has 2 heteroatoms. The Balaban J connectivity index is 1.66. The van der Waals surface area contributed by atoms with Crippen molar-refractivity contribution in [3.63, 3.8) is 0 Å². The van der Waals surface area contributed by atoms with Gasteiger partial charge in [-0.25, -0.2) is 0 Å². The van der Waals surface area contributed by atoms with Gasteiger partial charge in [-0.15, -0.1) is 11.8 Å². The van der Waals surface area contributed by atoms with Gasteiger partial charge in [0, 0.05) is 5.75 Å². The first-order valence-electron chi connectivity index (χ1n) is 7.78. The molecule has 0 heterocycles. The van der Waals surface area contributed by atoms with Gasteiger partial charge in [0.2, 0.25) is 0 Å². The van der Waals surface area contributed by atoms with Crippen molar-refractivity contribution in [1.82, 2.24) is 0 Å². The molecular weight excluding hydrogens is 300 g/mol. The number of rotatable bonds is 7. The van der Waals surface area contributed by atoms with E-state index in [2.05, 4.69) is 66.7 Å². The minimum atomic E-state index is 0.0385. The van der Waals surface area contributed by atoms with Crippen molar-refractivity contribution in [2.24, 2.45) is 0 Å². The van der Waals surface area contributed by atoms with E-state index in [0.717, 1.165) is 5.75 Å². The van der Waals surface area contributed by atoms with Gasteiger partial charge in [0.1, 0.15) is 5.44 Å². The fourth-order valence-electron chi connectivity index (χ4n) is 2.34. The van der Waals surface area contributed by atoms with E-state index < -0.39 is 0 Å². The van der Waals surface area contributed by atoms with Crippen molar-refractivity contribution in [3.05, 3.63) is 108 Å². The fraction of sp³-hybridized carbons (Fsp3) is 0.143. The average molecular weight is 320 g/mol. The van der Waals surface area contributed by atoms with E-state index in [1.54, 1.807) is 0 Å². The summed E-state index contributed by atoms with van der Waals surface area (Å²) in [6, 6.07) is 31.3. The fourth-order valence-corrected chi connectivity index (χ4v) is 3.39. The molecule has 3 aromatic rings. The van der Waals surface area contributed by atoms with Gasteiger partial charge in [-0.1, -0.05) is 91.0 Å². The highest BCUT2D eigenvalue weighted by Crippen LogP contribution is 2.33. The number of benzene rings is 3. The Bertz CT molecular complexity index is 639. The number of thioether (sulfide) groups is 1. The van der Waals surface area contributed by atoms with E-state index >= 15 is 0 Å². The van der Waals surface area contributed by atoms with Crippen molar-refractivity contribution in [2.45, 2.75) is 17.8 Å². The van der Waals surface area contributed by atoms with Gasteiger partial charge >= 0.3 is 0 Å². The average Bonchev–Trinajstić information content (AvgIpc) is 2.64. The van der Waals surface area contributed by atoms with Crippen molar-refractivity contribution >= 4 is 11.8 Å². The molecule has 0 aliphatic heterocycles. The maximum Gasteiger partial charge on any atom is 0.129 e. The minimum absolute atomic E-state index is 0.0385. The van der Waals surface area contributed by atoms with Gasteiger partial charge in [-0.2, -0.15) is 0 Å². The topological polar surface area (TPSA) is 9.23 Å². The Morgan fingerprint density at radius 1 is 0.652 bits per heavy atom. The molecule has 0 bridgehead atoms. The van der Waals surface area contributed by atoms with Crippen molar-refractivity contribution < 1.29 is 4.74 Å². The summed E-state index contributed by atoms with van der Waals surface area (Å²) < 4.78 is 6.20. The van der Waals surface area contributed by atoms with Gasteiger partial charge in [-0.3, -0.25) is 0 Å². The highest BCUT2D eigenvalue weighted by Gasteiger charge is 2.12. The lowest BCUT2D eigenvalue weighted by Gasteiger charge is -2.18. The van der Waals surface area contributed by atoms with Crippen molar-refractivity contribution in [1.29, 1.82) is 0 Å². The minimum Gasteiger partial charge on any atom is -0.358 e. The third-order valence-electron chi connectivity index (χ3n) is 3.56. The lowest BCUT2D eigenvalue weighted by atomic mass is 10.2. The first-order chi connectivity index (χ1) is 11.4. The summed E-state index contributed by atoms with van der Waals surface area (Å²) in [5.41, 5.74) is 3.77. The van der Waals surface area contributed by atoms with Crippen LogP contribution in [0.4, 0.5) is 0 Å². The molecule has 0 saturated heterocycles. The van der Waals surface area contributed by atoms with E-state index in [-0.39, 0.29) is 5.44 Å². The Morgan fingerprint density at radius 3 is 1.78 bits per heavy atom. The lowest BCUT2D eigenvalue weighted by Crippen LogP contribution is -2.01. The van der Waals surface area contributed by atoms with Crippen LogP contribution in [-0.4, -0.2) is 0 Å². The van der Waals surface area contributed by atoms with E-state index in [0.29, 0.717) is 6.61 Å². The summed E-state index contributed by atoms with van der Waals surface area (Å²) in [5, 5.41) is 0. The van der Waals surface area contributed by atoms with Crippen LogP contribution >= 0.6 is 11.8 Å². The molecule has 3 rings (SSSR count). The highest BCUT2D eigenvalue weighted by atomic mass is 32.2. The second-order valence-electron chi connectivity index (χ2n) is 5.34. The molecule has 3 aromatic carbocycles. The van der Waals surface area contributed by atoms with E-state index in [4.69, 9.17) is 4.74 Å². The van der Waals surface area contributed by atoms with E-state index in [1.165, 1.54) is 16.7 Å². The molecule has 0 aromatic heterocycles. The summed E-state index contributed by atoms with van der Waals surface area (Å²) in [7, 11) is 0. The molecule has 1 nitrogen and oxygen atoms in total. The Kier molecular flexibility index (Phi) is 5.90. The van der Waals surface area contributed by atoms with Crippen LogP contribution in [0.15, 0.2) is 91.0 Å². The Labute approximate surface area is 142 Å². The standard InChI is InChI=1S/C21H20OS/c1-4-10-18(11-5-1)16-22-21(20-14-8-3-9-15-20)23-17-19-12-6-2-7-13-19/h1-15,21H,16-17H2. The van der Waals surface area contributed by atoms with Crippen LogP contribution in [-0.2, 0) is 17.1 Å². The number of hydrogen-bond acceptors (Lipinski definition) is 2. The zero-order valence-corrected chi connectivity index (χ0v) is 13.8. The molecule has 116 valence electrons. The van der Waals surface area contributed by atoms with Gasteiger partial charge in [-0.05, 0) is 16.7 Å². The molecule has 0 aliphatic rings. The molecule has 0 amide bonds. The molecule has 1 unspecified atom stereocenters. The van der Waals surface area contributed by atoms with Crippen LogP contribution in [0.1, 0.15) is 22.1 Å². The normalized spacial score (nSPS) is 12.0. The van der Waals surface area contributed by atoms with E-state index in [9.17, 15) is 0 Å². The third kappa shape index (κ3) is 4.98. The highest BCUT2D eigenvalue weighted by molar-refractivity contribution is 7.98. The largest absolute Gasteiger partial charge is 0.358 e. The first-order valence-corrected chi connectivity index (χ1v) is 8.83. The molecule has 0 saturated carbocycles. The number of hydrogen-bond donors (Lipinski definition) is 0. The van der Waals surface area contributed by atoms with Crippen LogP contribution in [0.3, 0.4) is 0 Å². The van der Waals surface area contributed by atoms with Crippen LogP contribution in [0.2, 0.25) is 0 Å². The summed E-state index contributed by atoms with van der Waals surface area (Å²) >= 11 is 1.82. The number of ether oxygens (including phenoxy) is 1. The molecule has 0 spiro atoms. The smallest absolute Gasteiger partial charge is 0.129 e. The monoisotopic (exact) mass is 320 g/mol. The summed E-state index contributed by atoms with van der Waals surface area (Å²) in [6.45, 7) is 0.627. The molecule has 0 fully saturated rings. The quantitative estimate of drug-likeness (QED) is 0.506. The second kappa shape index (κ2) is 8.56. The van der Waals surface area contributed by atoms with Crippen LogP contribution in [0.25, 0.3) is 0 Å². The molecule has 0 N–H and O–H groups in total. The first kappa shape index (κ1) is 15.9. The molecule has 0 aliphatic carbocycles. The van der Waals surface area contributed by atoms with Crippen LogP contribution in [0, 0.1) is 0 Å². The van der Waals surface area contributed by atoms with E-state index in [1.807, 2.05) is 36.0 Å². The maximum absolute atomic E-state index is 6.20. The molecule has 0 radical (unpaired) electrons. The predicted molar refractivity (Wildman–Crippen MR) is 98.2 cm³/mol.